The maximum absolute atomic E-state index is 14.3. The molecule has 1 heterocycles. The molecule has 3 aromatic rings. The summed E-state index contributed by atoms with van der Waals surface area (Å²) in [5.74, 6) is -1.63. The van der Waals surface area contributed by atoms with Crippen molar-refractivity contribution in [3.63, 3.8) is 0 Å². The van der Waals surface area contributed by atoms with Gasteiger partial charge in [0, 0.05) is 12.8 Å². The quantitative estimate of drug-likeness (QED) is 0.387. The predicted molar refractivity (Wildman–Crippen MR) is 153 cm³/mol. The Bertz CT molecular complexity index is 1620. The highest BCUT2D eigenvalue weighted by Crippen LogP contribution is 2.45. The van der Waals surface area contributed by atoms with Gasteiger partial charge in [-0.15, -0.1) is 0 Å². The van der Waals surface area contributed by atoms with Crippen LogP contribution in [0.1, 0.15) is 68.2 Å². The molecular formula is C32H31F3N4O3. The van der Waals surface area contributed by atoms with Gasteiger partial charge in [0.25, 0.3) is 5.91 Å². The highest BCUT2D eigenvalue weighted by Gasteiger charge is 2.40. The fourth-order valence-electron chi connectivity index (χ4n) is 5.52. The lowest BCUT2D eigenvalue weighted by molar-refractivity contribution is -0.137. The Labute approximate surface area is 241 Å². The Morgan fingerprint density at radius 3 is 2.45 bits per heavy atom. The molecule has 0 spiro atoms. The molecule has 3 amide bonds. The Kier molecular flexibility index (Phi) is 7.71. The van der Waals surface area contributed by atoms with Crippen LogP contribution in [-0.2, 0) is 27.1 Å². The predicted octanol–water partition coefficient (Wildman–Crippen LogP) is 6.04. The normalized spacial score (nSPS) is 17.8. The standard InChI is InChI=1S/C32H31F3N4O3/c1-4-18(2)30(41)37-27-17-38(19(3)40)29-14-22(32(33,34)35)10-13-28(29)39(31(27)42)16-26-23(20-8-9-20)11-12-24-21(15-36)6-5-7-25(24)26/h5-7,10-14,18,20,27H,4,8-9,16-17H2,1-3H3,(H,37,41)/t18-,27+/m1/s1. The number of hydrogen-bond acceptors (Lipinski definition) is 4. The number of carbonyl (C=O) groups is 3. The van der Waals surface area contributed by atoms with Crippen LogP contribution < -0.4 is 15.1 Å². The first-order valence-corrected chi connectivity index (χ1v) is 14.0. The first-order valence-electron chi connectivity index (χ1n) is 14.0. The summed E-state index contributed by atoms with van der Waals surface area (Å²) in [7, 11) is 0. The molecule has 1 aliphatic carbocycles. The van der Waals surface area contributed by atoms with Gasteiger partial charge < -0.3 is 15.1 Å². The summed E-state index contributed by atoms with van der Waals surface area (Å²) in [6, 6.07) is 13.2. The third kappa shape index (κ3) is 5.43. The summed E-state index contributed by atoms with van der Waals surface area (Å²) < 4.78 is 41.4. The molecule has 0 aromatic heterocycles. The van der Waals surface area contributed by atoms with Crippen molar-refractivity contribution in [1.82, 2.24) is 5.32 Å². The summed E-state index contributed by atoms with van der Waals surface area (Å²) in [6.07, 6.45) is -2.24. The van der Waals surface area contributed by atoms with Gasteiger partial charge in [-0.25, -0.2) is 0 Å². The molecule has 7 nitrogen and oxygen atoms in total. The SMILES string of the molecule is CC[C@@H](C)C(=O)N[C@H]1CN(C(C)=O)c2cc(C(F)(F)F)ccc2N(Cc2c(C3CC3)ccc3c(C#N)cccc23)C1=O. The average molecular weight is 577 g/mol. The van der Waals surface area contributed by atoms with Crippen molar-refractivity contribution < 1.29 is 27.6 Å². The zero-order valence-electron chi connectivity index (χ0n) is 23.6. The number of hydrogen-bond donors (Lipinski definition) is 1. The lowest BCUT2D eigenvalue weighted by Gasteiger charge is -2.28. The van der Waals surface area contributed by atoms with E-state index in [0.717, 1.165) is 46.4 Å². The lowest BCUT2D eigenvalue weighted by Crippen LogP contribution is -2.53. The molecule has 0 bridgehead atoms. The summed E-state index contributed by atoms with van der Waals surface area (Å²) in [5, 5.41) is 14.0. The Hall–Kier alpha value is -4.39. The second-order valence-electron chi connectivity index (χ2n) is 11.0. The summed E-state index contributed by atoms with van der Waals surface area (Å²) >= 11 is 0. The Balaban J connectivity index is 1.71. The van der Waals surface area contributed by atoms with Crippen LogP contribution in [0.25, 0.3) is 10.8 Å². The second kappa shape index (κ2) is 11.1. The van der Waals surface area contributed by atoms with Crippen molar-refractivity contribution in [2.45, 2.75) is 64.7 Å². The first-order chi connectivity index (χ1) is 19.9. The van der Waals surface area contributed by atoms with Crippen LogP contribution in [0.4, 0.5) is 24.5 Å². The molecule has 1 N–H and O–H groups in total. The molecule has 2 aliphatic rings. The zero-order valence-corrected chi connectivity index (χ0v) is 23.6. The van der Waals surface area contributed by atoms with Gasteiger partial charge >= 0.3 is 6.18 Å². The third-order valence-electron chi connectivity index (χ3n) is 8.23. The minimum absolute atomic E-state index is 0.0172. The van der Waals surface area contributed by atoms with Crippen LogP contribution in [0.15, 0.2) is 48.5 Å². The number of amides is 3. The van der Waals surface area contributed by atoms with E-state index >= 15 is 0 Å². The zero-order chi connectivity index (χ0) is 30.3. The topological polar surface area (TPSA) is 93.5 Å². The van der Waals surface area contributed by atoms with Gasteiger partial charge in [-0.1, -0.05) is 38.1 Å². The van der Waals surface area contributed by atoms with E-state index in [1.54, 1.807) is 19.1 Å². The number of fused-ring (bicyclic) bond motifs is 2. The van der Waals surface area contributed by atoms with Gasteiger partial charge in [-0.2, -0.15) is 18.4 Å². The highest BCUT2D eigenvalue weighted by atomic mass is 19.4. The summed E-state index contributed by atoms with van der Waals surface area (Å²) in [5.41, 5.74) is 1.39. The number of rotatable bonds is 6. The number of carbonyl (C=O) groups excluding carboxylic acids is 3. The molecule has 10 heteroatoms. The van der Waals surface area contributed by atoms with Gasteiger partial charge in [0.1, 0.15) is 6.04 Å². The molecule has 2 atom stereocenters. The van der Waals surface area contributed by atoms with E-state index in [0.29, 0.717) is 17.4 Å². The first kappa shape index (κ1) is 29.1. The van der Waals surface area contributed by atoms with Crippen molar-refractivity contribution in [2.75, 3.05) is 16.3 Å². The minimum Gasteiger partial charge on any atom is -0.342 e. The molecule has 1 fully saturated rings. The highest BCUT2D eigenvalue weighted by molar-refractivity contribution is 6.08. The number of nitrogens with one attached hydrogen (secondary N) is 1. The molecule has 0 radical (unpaired) electrons. The smallest absolute Gasteiger partial charge is 0.342 e. The average Bonchev–Trinajstić information content (AvgIpc) is 3.81. The number of halogens is 3. The van der Waals surface area contributed by atoms with Gasteiger partial charge in [0.05, 0.1) is 41.7 Å². The number of benzene rings is 3. The van der Waals surface area contributed by atoms with Crippen LogP contribution in [0.5, 0.6) is 0 Å². The maximum Gasteiger partial charge on any atom is 0.416 e. The molecule has 42 heavy (non-hydrogen) atoms. The summed E-state index contributed by atoms with van der Waals surface area (Å²) in [4.78, 5) is 42.5. The number of alkyl halides is 3. The fourth-order valence-corrected chi connectivity index (χ4v) is 5.52. The number of nitriles is 1. The van der Waals surface area contributed by atoms with E-state index in [1.807, 2.05) is 25.1 Å². The fraction of sp³-hybridized carbons (Fsp3) is 0.375. The molecule has 3 aromatic carbocycles. The van der Waals surface area contributed by atoms with Gasteiger partial charge in [0.2, 0.25) is 11.8 Å². The van der Waals surface area contributed by atoms with E-state index in [-0.39, 0.29) is 36.3 Å². The van der Waals surface area contributed by atoms with Crippen LogP contribution in [0.3, 0.4) is 0 Å². The number of anilines is 2. The molecule has 218 valence electrons. The lowest BCUT2D eigenvalue weighted by atomic mass is 9.93. The monoisotopic (exact) mass is 576 g/mol. The van der Waals surface area contributed by atoms with Crippen LogP contribution >= 0.6 is 0 Å². The van der Waals surface area contributed by atoms with Crippen LogP contribution in [-0.4, -0.2) is 30.3 Å². The van der Waals surface area contributed by atoms with E-state index in [1.165, 1.54) is 17.9 Å². The van der Waals surface area contributed by atoms with Gasteiger partial charge in [-0.05, 0) is 71.3 Å². The molecule has 0 saturated heterocycles. The molecule has 1 saturated carbocycles. The van der Waals surface area contributed by atoms with E-state index in [9.17, 15) is 32.8 Å². The van der Waals surface area contributed by atoms with Crippen LogP contribution in [0.2, 0.25) is 0 Å². The minimum atomic E-state index is -4.68. The van der Waals surface area contributed by atoms with Crippen molar-refractivity contribution in [1.29, 1.82) is 5.26 Å². The molecular weight excluding hydrogens is 545 g/mol. The Morgan fingerprint density at radius 1 is 1.10 bits per heavy atom. The van der Waals surface area contributed by atoms with E-state index in [2.05, 4.69) is 11.4 Å². The summed E-state index contributed by atoms with van der Waals surface area (Å²) in [6.45, 7) is 4.43. The van der Waals surface area contributed by atoms with E-state index < -0.39 is 35.5 Å². The van der Waals surface area contributed by atoms with Gasteiger partial charge in [0.15, 0.2) is 0 Å². The largest absolute Gasteiger partial charge is 0.416 e. The molecule has 5 rings (SSSR count). The molecule has 0 unspecified atom stereocenters. The van der Waals surface area contributed by atoms with Crippen molar-refractivity contribution in [3.8, 4) is 6.07 Å². The van der Waals surface area contributed by atoms with E-state index in [4.69, 9.17) is 0 Å². The molecule has 1 aliphatic heterocycles. The Morgan fingerprint density at radius 2 is 1.83 bits per heavy atom. The van der Waals surface area contributed by atoms with Gasteiger partial charge in [-0.3, -0.25) is 14.4 Å². The third-order valence-corrected chi connectivity index (χ3v) is 8.23. The maximum atomic E-state index is 14.3. The second-order valence-corrected chi connectivity index (χ2v) is 11.0. The van der Waals surface area contributed by atoms with Crippen LogP contribution in [0, 0.1) is 17.2 Å². The van der Waals surface area contributed by atoms with Crippen molar-refractivity contribution >= 4 is 39.9 Å². The van der Waals surface area contributed by atoms with Crippen molar-refractivity contribution in [3.05, 3.63) is 70.8 Å². The van der Waals surface area contributed by atoms with Crippen molar-refractivity contribution in [2.24, 2.45) is 5.92 Å². The number of nitrogens with zero attached hydrogens (tertiary/aromatic N) is 3.